The highest BCUT2D eigenvalue weighted by atomic mass is 16.7. The summed E-state index contributed by atoms with van der Waals surface area (Å²) in [6.07, 6.45) is 4.00. The summed E-state index contributed by atoms with van der Waals surface area (Å²) in [4.78, 5) is 39.6. The van der Waals surface area contributed by atoms with Crippen LogP contribution >= 0.6 is 0 Å². The number of para-hydroxylation sites is 1. The van der Waals surface area contributed by atoms with Gasteiger partial charge in [0.15, 0.2) is 5.69 Å². The largest absolute Gasteiger partial charge is 0.385 e. The van der Waals surface area contributed by atoms with Gasteiger partial charge in [-0.05, 0) is 13.0 Å². The average molecular weight is 323 g/mol. The monoisotopic (exact) mass is 323 g/mol. The lowest BCUT2D eigenvalue weighted by molar-refractivity contribution is 0.0507. The van der Waals surface area contributed by atoms with E-state index in [1.807, 2.05) is 24.3 Å². The van der Waals surface area contributed by atoms with Crippen LogP contribution in [-0.2, 0) is 4.84 Å². The van der Waals surface area contributed by atoms with Crippen LogP contribution in [0.3, 0.4) is 0 Å². The van der Waals surface area contributed by atoms with Gasteiger partial charge in [0.25, 0.3) is 0 Å². The molecule has 0 radical (unpaired) electrons. The molecule has 2 aromatic heterocycles. The molecule has 120 valence electrons. The molecule has 1 aromatic carbocycles. The number of aromatic nitrogens is 3. The predicted molar refractivity (Wildman–Crippen MR) is 86.5 cm³/mol. The first kappa shape index (κ1) is 15.3. The highest BCUT2D eigenvalue weighted by molar-refractivity contribution is 6.15. The number of carbonyl (C=O) groups excluding carboxylic acids is 2. The molecule has 24 heavy (non-hydrogen) atoms. The zero-order valence-electron chi connectivity index (χ0n) is 12.7. The molecule has 0 fully saturated rings. The van der Waals surface area contributed by atoms with Crippen molar-refractivity contribution < 1.29 is 14.4 Å². The van der Waals surface area contributed by atoms with Gasteiger partial charge in [-0.1, -0.05) is 23.4 Å². The van der Waals surface area contributed by atoms with Crippen LogP contribution in [-0.4, -0.2) is 32.5 Å². The Hall–Kier alpha value is -3.55. The van der Waals surface area contributed by atoms with Gasteiger partial charge in [0.1, 0.15) is 11.5 Å². The van der Waals surface area contributed by atoms with E-state index in [1.165, 1.54) is 13.1 Å². The maximum Gasteiger partial charge on any atom is 0.385 e. The normalized spacial score (nSPS) is 11.5. The van der Waals surface area contributed by atoms with Crippen molar-refractivity contribution in [3.05, 3.63) is 59.8 Å². The number of rotatable bonds is 4. The van der Waals surface area contributed by atoms with Gasteiger partial charge in [-0.3, -0.25) is 4.79 Å². The van der Waals surface area contributed by atoms with Crippen LogP contribution in [0.2, 0.25) is 0 Å². The van der Waals surface area contributed by atoms with Crippen molar-refractivity contribution in [1.29, 1.82) is 0 Å². The molecule has 0 saturated carbocycles. The summed E-state index contributed by atoms with van der Waals surface area (Å²) in [6, 6.07) is 7.43. The number of amidine groups is 1. The van der Waals surface area contributed by atoms with E-state index in [9.17, 15) is 9.59 Å². The van der Waals surface area contributed by atoms with Crippen LogP contribution < -0.4 is 5.73 Å². The second-order valence-electron chi connectivity index (χ2n) is 4.98. The Kier molecular flexibility index (Phi) is 4.02. The number of aromatic amines is 1. The highest BCUT2D eigenvalue weighted by Crippen LogP contribution is 2.20. The van der Waals surface area contributed by atoms with Gasteiger partial charge in [0.2, 0.25) is 5.78 Å². The Morgan fingerprint density at radius 3 is 2.58 bits per heavy atom. The smallest absolute Gasteiger partial charge is 0.385 e. The lowest BCUT2D eigenvalue weighted by Gasteiger charge is -2.01. The van der Waals surface area contributed by atoms with Crippen molar-refractivity contribution in [2.75, 3.05) is 0 Å². The fourth-order valence-electron chi connectivity index (χ4n) is 2.11. The van der Waals surface area contributed by atoms with Crippen molar-refractivity contribution in [3.63, 3.8) is 0 Å². The fourth-order valence-corrected chi connectivity index (χ4v) is 2.11. The molecular weight excluding hydrogens is 310 g/mol. The molecule has 0 aliphatic rings. The second-order valence-corrected chi connectivity index (χ2v) is 4.98. The molecule has 0 bridgehead atoms. The third-order valence-corrected chi connectivity index (χ3v) is 3.20. The lowest BCUT2D eigenvalue weighted by Crippen LogP contribution is -2.12. The first-order valence-electron chi connectivity index (χ1n) is 7.00. The van der Waals surface area contributed by atoms with Crippen LogP contribution in [0.25, 0.3) is 10.9 Å². The van der Waals surface area contributed by atoms with Gasteiger partial charge in [-0.2, -0.15) is 0 Å². The van der Waals surface area contributed by atoms with E-state index in [1.54, 1.807) is 6.20 Å². The molecule has 0 spiro atoms. The van der Waals surface area contributed by atoms with Crippen LogP contribution in [0.15, 0.2) is 48.0 Å². The number of H-pyrrole nitrogens is 1. The zero-order valence-corrected chi connectivity index (χ0v) is 12.7. The van der Waals surface area contributed by atoms with Gasteiger partial charge in [0.05, 0.1) is 12.4 Å². The Balaban J connectivity index is 1.84. The Labute approximate surface area is 136 Å². The molecule has 3 aromatic rings. The number of nitrogens with one attached hydrogen (secondary N) is 1. The van der Waals surface area contributed by atoms with Crippen LogP contribution in [0.5, 0.6) is 0 Å². The Morgan fingerprint density at radius 2 is 1.88 bits per heavy atom. The molecule has 0 aliphatic carbocycles. The summed E-state index contributed by atoms with van der Waals surface area (Å²) in [5, 5.41) is 4.13. The van der Waals surface area contributed by atoms with E-state index in [4.69, 9.17) is 5.73 Å². The molecule has 2 heterocycles. The summed E-state index contributed by atoms with van der Waals surface area (Å²) in [5.74, 6) is -1.00. The van der Waals surface area contributed by atoms with Gasteiger partial charge < -0.3 is 15.6 Å². The van der Waals surface area contributed by atoms with Gasteiger partial charge >= 0.3 is 5.97 Å². The van der Waals surface area contributed by atoms with E-state index in [2.05, 4.69) is 24.9 Å². The quantitative estimate of drug-likeness (QED) is 0.247. The number of benzene rings is 1. The predicted octanol–water partition coefficient (Wildman–Crippen LogP) is 1.64. The minimum atomic E-state index is -0.807. The Bertz CT molecular complexity index is 940. The summed E-state index contributed by atoms with van der Waals surface area (Å²) in [6.45, 7) is 1.47. The number of fused-ring (bicyclic) bond motifs is 1. The summed E-state index contributed by atoms with van der Waals surface area (Å²) in [5.41, 5.74) is 6.65. The standard InChI is InChI=1S/C16H13N5O3/c1-9(17)21-24-16(23)14-8-19-13(7-20-14)15(22)11-6-18-12-5-3-2-4-10(11)12/h2-8,18H,1H3,(H2,17,21). The van der Waals surface area contributed by atoms with E-state index in [-0.39, 0.29) is 23.0 Å². The van der Waals surface area contributed by atoms with Crippen molar-refractivity contribution in [1.82, 2.24) is 15.0 Å². The van der Waals surface area contributed by atoms with Crippen molar-refractivity contribution in [2.45, 2.75) is 6.92 Å². The number of ketones is 1. The molecule has 0 saturated heterocycles. The summed E-state index contributed by atoms with van der Waals surface area (Å²) in [7, 11) is 0. The van der Waals surface area contributed by atoms with E-state index in [0.717, 1.165) is 17.1 Å². The SMILES string of the molecule is C/C(N)=N\OC(=O)c1cnc(C(=O)c2c[nH]c3ccccc23)cn1. The fraction of sp³-hybridized carbons (Fsp3) is 0.0625. The van der Waals surface area contributed by atoms with Crippen LogP contribution in [0, 0.1) is 0 Å². The zero-order chi connectivity index (χ0) is 17.1. The first-order valence-corrected chi connectivity index (χ1v) is 7.00. The molecule has 8 heteroatoms. The maximum absolute atomic E-state index is 12.5. The summed E-state index contributed by atoms with van der Waals surface area (Å²) >= 11 is 0. The van der Waals surface area contributed by atoms with Gasteiger partial charge in [-0.15, -0.1) is 0 Å². The third kappa shape index (κ3) is 2.98. The minimum absolute atomic E-state index is 0.0736. The molecule has 3 N–H and O–H groups in total. The average Bonchev–Trinajstić information content (AvgIpc) is 3.03. The molecule has 8 nitrogen and oxygen atoms in total. The van der Waals surface area contributed by atoms with Crippen molar-refractivity contribution >= 4 is 28.5 Å². The first-order chi connectivity index (χ1) is 11.6. The molecule has 0 aliphatic heterocycles. The van der Waals surface area contributed by atoms with Crippen LogP contribution in [0.1, 0.15) is 33.5 Å². The van der Waals surface area contributed by atoms with Crippen molar-refractivity contribution in [2.24, 2.45) is 10.9 Å². The number of carbonyl (C=O) groups is 2. The lowest BCUT2D eigenvalue weighted by atomic mass is 10.1. The molecule has 0 unspecified atom stereocenters. The molecule has 3 rings (SSSR count). The maximum atomic E-state index is 12.5. The summed E-state index contributed by atoms with van der Waals surface area (Å²) < 4.78 is 0. The highest BCUT2D eigenvalue weighted by Gasteiger charge is 2.17. The van der Waals surface area contributed by atoms with Gasteiger partial charge in [-0.25, -0.2) is 14.8 Å². The number of hydrogen-bond acceptors (Lipinski definition) is 6. The number of nitrogens with two attached hydrogens (primary N) is 1. The molecular formula is C16H13N5O3. The molecule has 0 amide bonds. The van der Waals surface area contributed by atoms with Crippen LogP contribution in [0.4, 0.5) is 0 Å². The minimum Gasteiger partial charge on any atom is -0.385 e. The molecule has 0 atom stereocenters. The second kappa shape index (κ2) is 6.29. The number of hydrogen-bond donors (Lipinski definition) is 2. The Morgan fingerprint density at radius 1 is 1.17 bits per heavy atom. The van der Waals surface area contributed by atoms with E-state index < -0.39 is 5.97 Å². The third-order valence-electron chi connectivity index (χ3n) is 3.20. The van der Waals surface area contributed by atoms with Crippen molar-refractivity contribution in [3.8, 4) is 0 Å². The van der Waals surface area contributed by atoms with E-state index >= 15 is 0 Å². The topological polar surface area (TPSA) is 123 Å². The van der Waals surface area contributed by atoms with E-state index in [0.29, 0.717) is 5.56 Å². The van der Waals surface area contributed by atoms with Gasteiger partial charge in [0, 0.05) is 22.7 Å². The number of nitrogens with zero attached hydrogens (tertiary/aromatic N) is 3. The number of oxime groups is 1.